The van der Waals surface area contributed by atoms with Crippen LogP contribution in [0, 0.1) is 10.1 Å². The Morgan fingerprint density at radius 1 is 1.09 bits per heavy atom. The van der Waals surface area contributed by atoms with Crippen LogP contribution in [0.3, 0.4) is 0 Å². The molecule has 2 aromatic carbocycles. The molecule has 33 heavy (non-hydrogen) atoms. The standard InChI is InChI=1S/C20H15ClF3N5O4/c1-2-33-19(30)11-3-5-12(6-4-11)27-17-16(29(31)32)18(26-10-25-17)28-13-7-8-15(21)14(9-13)20(22,23)24/h3-10H,2H2,1H3,(H2,25,26,27,28). The monoisotopic (exact) mass is 481 g/mol. The predicted molar refractivity (Wildman–Crippen MR) is 114 cm³/mol. The van der Waals surface area contributed by atoms with Crippen LogP contribution in [0.25, 0.3) is 0 Å². The number of hydrogen-bond donors (Lipinski definition) is 2. The minimum Gasteiger partial charge on any atom is -0.462 e. The number of carbonyl (C=O) groups is 1. The first-order valence-corrected chi connectivity index (χ1v) is 9.65. The maximum Gasteiger partial charge on any atom is 0.417 e. The molecule has 172 valence electrons. The van der Waals surface area contributed by atoms with E-state index in [9.17, 15) is 28.1 Å². The second kappa shape index (κ2) is 9.69. The van der Waals surface area contributed by atoms with Crippen molar-refractivity contribution in [3.8, 4) is 0 Å². The topological polar surface area (TPSA) is 119 Å². The summed E-state index contributed by atoms with van der Waals surface area (Å²) in [7, 11) is 0. The van der Waals surface area contributed by atoms with Crippen molar-refractivity contribution < 1.29 is 27.6 Å². The van der Waals surface area contributed by atoms with Gasteiger partial charge in [0.25, 0.3) is 0 Å². The minimum atomic E-state index is -4.71. The molecule has 1 heterocycles. The molecule has 0 aliphatic heterocycles. The van der Waals surface area contributed by atoms with E-state index in [1.807, 2.05) is 0 Å². The van der Waals surface area contributed by atoms with Crippen LogP contribution in [0.2, 0.25) is 5.02 Å². The maximum atomic E-state index is 13.1. The average Bonchev–Trinajstić information content (AvgIpc) is 2.75. The summed E-state index contributed by atoms with van der Waals surface area (Å²) in [5, 5.41) is 16.4. The molecule has 0 bridgehead atoms. The van der Waals surface area contributed by atoms with Crippen molar-refractivity contribution in [2.24, 2.45) is 0 Å². The minimum absolute atomic E-state index is 0.113. The summed E-state index contributed by atoms with van der Waals surface area (Å²) in [4.78, 5) is 30.3. The normalized spacial score (nSPS) is 11.1. The molecule has 3 aromatic rings. The molecule has 0 aliphatic rings. The smallest absolute Gasteiger partial charge is 0.417 e. The van der Waals surface area contributed by atoms with Crippen LogP contribution in [0.15, 0.2) is 48.8 Å². The van der Waals surface area contributed by atoms with Crippen molar-refractivity contribution in [3.05, 3.63) is 75.1 Å². The summed E-state index contributed by atoms with van der Waals surface area (Å²) in [5.74, 6) is -1.08. The zero-order valence-electron chi connectivity index (χ0n) is 16.8. The highest BCUT2D eigenvalue weighted by molar-refractivity contribution is 6.31. The first-order valence-electron chi connectivity index (χ1n) is 9.27. The summed E-state index contributed by atoms with van der Waals surface area (Å²) in [6, 6.07) is 8.85. The molecule has 9 nitrogen and oxygen atoms in total. The fourth-order valence-corrected chi connectivity index (χ4v) is 2.96. The first-order chi connectivity index (χ1) is 15.6. The van der Waals surface area contributed by atoms with Gasteiger partial charge < -0.3 is 15.4 Å². The number of halogens is 4. The largest absolute Gasteiger partial charge is 0.462 e. The van der Waals surface area contributed by atoms with Gasteiger partial charge in [0.1, 0.15) is 6.33 Å². The molecule has 0 atom stereocenters. The summed E-state index contributed by atoms with van der Waals surface area (Å²) < 4.78 is 44.2. The van der Waals surface area contributed by atoms with Gasteiger partial charge in [0, 0.05) is 11.4 Å². The summed E-state index contributed by atoms with van der Waals surface area (Å²) in [6.45, 7) is 1.88. The molecule has 0 spiro atoms. The van der Waals surface area contributed by atoms with Gasteiger partial charge >= 0.3 is 17.8 Å². The van der Waals surface area contributed by atoms with Crippen molar-refractivity contribution in [3.63, 3.8) is 0 Å². The summed E-state index contributed by atoms with van der Waals surface area (Å²) in [5.41, 5.74) is -1.17. The zero-order chi connectivity index (χ0) is 24.2. The molecule has 0 radical (unpaired) electrons. The Morgan fingerprint density at radius 3 is 2.21 bits per heavy atom. The molecule has 0 fully saturated rings. The van der Waals surface area contributed by atoms with Gasteiger partial charge in [-0.2, -0.15) is 13.2 Å². The van der Waals surface area contributed by atoms with Crippen molar-refractivity contribution >= 4 is 46.3 Å². The van der Waals surface area contributed by atoms with Gasteiger partial charge in [-0.25, -0.2) is 14.8 Å². The number of nitrogens with one attached hydrogen (secondary N) is 2. The number of rotatable bonds is 7. The molecule has 0 amide bonds. The van der Waals surface area contributed by atoms with E-state index in [0.29, 0.717) is 5.69 Å². The number of esters is 1. The highest BCUT2D eigenvalue weighted by Gasteiger charge is 2.33. The van der Waals surface area contributed by atoms with Crippen molar-refractivity contribution in [1.82, 2.24) is 9.97 Å². The second-order valence-corrected chi connectivity index (χ2v) is 6.82. The molecule has 0 unspecified atom stereocenters. The number of nitrogens with zero attached hydrogens (tertiary/aromatic N) is 3. The molecular formula is C20H15ClF3N5O4. The Morgan fingerprint density at radius 2 is 1.67 bits per heavy atom. The number of benzene rings is 2. The van der Waals surface area contributed by atoms with Crippen LogP contribution >= 0.6 is 11.6 Å². The predicted octanol–water partition coefficient (Wildman–Crippen LogP) is 5.72. The molecule has 0 aliphatic carbocycles. The number of anilines is 4. The van der Waals surface area contributed by atoms with Crippen LogP contribution in [-0.2, 0) is 10.9 Å². The molecule has 0 saturated heterocycles. The van der Waals surface area contributed by atoms with Gasteiger partial charge in [0.15, 0.2) is 0 Å². The first kappa shape index (κ1) is 23.7. The van der Waals surface area contributed by atoms with E-state index >= 15 is 0 Å². The molecule has 2 N–H and O–H groups in total. The maximum absolute atomic E-state index is 13.1. The Balaban J connectivity index is 1.91. The summed E-state index contributed by atoms with van der Waals surface area (Å²) in [6.07, 6.45) is -3.71. The fourth-order valence-electron chi connectivity index (χ4n) is 2.73. The van der Waals surface area contributed by atoms with E-state index in [-0.39, 0.29) is 29.5 Å². The lowest BCUT2D eigenvalue weighted by atomic mass is 10.2. The lowest BCUT2D eigenvalue weighted by Crippen LogP contribution is -2.08. The zero-order valence-corrected chi connectivity index (χ0v) is 17.6. The number of hydrogen-bond acceptors (Lipinski definition) is 8. The number of carbonyl (C=O) groups excluding carboxylic acids is 1. The number of aromatic nitrogens is 2. The van der Waals surface area contributed by atoms with Crippen molar-refractivity contribution in [1.29, 1.82) is 0 Å². The van der Waals surface area contributed by atoms with Crippen molar-refractivity contribution in [2.75, 3.05) is 17.2 Å². The lowest BCUT2D eigenvalue weighted by molar-refractivity contribution is -0.383. The molecule has 1 aromatic heterocycles. The SMILES string of the molecule is CCOC(=O)c1ccc(Nc2ncnc(Nc3ccc(Cl)c(C(F)(F)F)c3)c2[N+](=O)[O-])cc1. The van der Waals surface area contributed by atoms with E-state index in [4.69, 9.17) is 16.3 Å². The fraction of sp³-hybridized carbons (Fsp3) is 0.150. The van der Waals surface area contributed by atoms with E-state index in [2.05, 4.69) is 20.6 Å². The average molecular weight is 482 g/mol. The Bertz CT molecular complexity index is 1190. The molecule has 13 heteroatoms. The molecule has 3 rings (SSSR count). The lowest BCUT2D eigenvalue weighted by Gasteiger charge is -2.13. The van der Waals surface area contributed by atoms with Gasteiger partial charge in [-0.3, -0.25) is 10.1 Å². The van der Waals surface area contributed by atoms with Gasteiger partial charge in [0.2, 0.25) is 11.6 Å². The highest BCUT2D eigenvalue weighted by atomic mass is 35.5. The Hall–Kier alpha value is -3.93. The van der Waals surface area contributed by atoms with Gasteiger partial charge in [-0.05, 0) is 49.4 Å². The van der Waals surface area contributed by atoms with Crippen LogP contribution in [-0.4, -0.2) is 27.5 Å². The third-order valence-corrected chi connectivity index (χ3v) is 4.53. The highest BCUT2D eigenvalue weighted by Crippen LogP contribution is 2.38. The van der Waals surface area contributed by atoms with E-state index in [0.717, 1.165) is 18.5 Å². The van der Waals surface area contributed by atoms with Crippen LogP contribution in [0.4, 0.5) is 41.9 Å². The number of alkyl halides is 3. The quantitative estimate of drug-likeness (QED) is 0.250. The third-order valence-electron chi connectivity index (χ3n) is 4.20. The van der Waals surface area contributed by atoms with Gasteiger partial charge in [-0.15, -0.1) is 0 Å². The summed E-state index contributed by atoms with van der Waals surface area (Å²) >= 11 is 5.61. The van der Waals surface area contributed by atoms with Crippen LogP contribution < -0.4 is 10.6 Å². The molecule has 0 saturated carbocycles. The van der Waals surface area contributed by atoms with E-state index in [1.54, 1.807) is 6.92 Å². The second-order valence-electron chi connectivity index (χ2n) is 6.42. The van der Waals surface area contributed by atoms with Gasteiger partial charge in [0.05, 0.1) is 27.7 Å². The van der Waals surface area contributed by atoms with E-state index < -0.39 is 33.3 Å². The number of nitro groups is 1. The van der Waals surface area contributed by atoms with Crippen LogP contribution in [0.5, 0.6) is 0 Å². The van der Waals surface area contributed by atoms with Gasteiger partial charge in [-0.1, -0.05) is 11.6 Å². The molecular weight excluding hydrogens is 467 g/mol. The Kier molecular flexibility index (Phi) is 6.97. The third kappa shape index (κ3) is 5.66. The van der Waals surface area contributed by atoms with Crippen molar-refractivity contribution in [2.45, 2.75) is 13.1 Å². The Labute approximate surface area is 189 Å². The number of ether oxygens (including phenoxy) is 1. The van der Waals surface area contributed by atoms with Crippen LogP contribution in [0.1, 0.15) is 22.8 Å². The van der Waals surface area contributed by atoms with E-state index in [1.165, 1.54) is 30.3 Å².